The number of hydrogen-bond acceptors (Lipinski definition) is 6. The smallest absolute Gasteiger partial charge is 0.446 e. The molecule has 0 saturated carbocycles. The van der Waals surface area contributed by atoms with Crippen molar-refractivity contribution in [2.24, 2.45) is 0 Å². The van der Waals surface area contributed by atoms with E-state index in [-0.39, 0.29) is 12.2 Å². The zero-order valence-corrected chi connectivity index (χ0v) is 27.6. The molecule has 3 rings (SSSR count). The number of hydrogen-bond donors (Lipinski definition) is 1. The van der Waals surface area contributed by atoms with E-state index in [1.54, 1.807) is 0 Å². The summed E-state index contributed by atoms with van der Waals surface area (Å²) in [5, 5.41) is 30.6. The molecule has 10 nitrogen and oxygen atoms in total. The van der Waals surface area contributed by atoms with Crippen LogP contribution in [0.4, 0.5) is 4.79 Å². The molecule has 1 aromatic rings. The molecule has 234 valence electrons. The lowest BCUT2D eigenvalue weighted by Gasteiger charge is -2.49. The summed E-state index contributed by atoms with van der Waals surface area (Å²) < 4.78 is 7.01. The normalized spacial score (nSPS) is 23.1. The Hall–Kier alpha value is -2.49. The van der Waals surface area contributed by atoms with Crippen LogP contribution in [0.2, 0.25) is 0 Å². The first-order chi connectivity index (χ1) is 18.9. The topological polar surface area (TPSA) is 114 Å². The molecule has 0 aromatic heterocycles. The minimum absolute atomic E-state index is 0.327. The van der Waals surface area contributed by atoms with Crippen molar-refractivity contribution in [2.45, 2.75) is 154 Å². The second-order valence-electron chi connectivity index (χ2n) is 15.7. The molecule has 10 heteroatoms. The number of ether oxygens (including phenoxy) is 1. The van der Waals surface area contributed by atoms with E-state index in [9.17, 15) is 20.0 Å². The number of carbonyl (C=O) groups excluding carboxylic acids is 2. The Balaban J connectivity index is 1.70. The molecule has 2 heterocycles. The zero-order valence-electron chi connectivity index (χ0n) is 27.6. The van der Waals surface area contributed by atoms with Crippen LogP contribution in [-0.2, 0) is 35.9 Å². The number of alkyl carbamates (subject to hydrolysis) is 1. The van der Waals surface area contributed by atoms with Crippen LogP contribution < -0.4 is 5.32 Å². The molecule has 2 aliphatic heterocycles. The van der Waals surface area contributed by atoms with Gasteiger partial charge in [-0.15, -0.1) is 20.5 Å². The van der Waals surface area contributed by atoms with Crippen LogP contribution in [0.3, 0.4) is 0 Å². The fourth-order valence-corrected chi connectivity index (χ4v) is 6.84. The Morgan fingerprint density at radius 2 is 1.17 bits per heavy atom. The summed E-state index contributed by atoms with van der Waals surface area (Å²) in [4.78, 5) is 31.2. The molecule has 0 atom stereocenters. The summed E-state index contributed by atoms with van der Waals surface area (Å²) in [5.74, 6) is 0. The van der Waals surface area contributed by atoms with Gasteiger partial charge in [0.2, 0.25) is 5.54 Å². The minimum atomic E-state index is -0.851. The van der Waals surface area contributed by atoms with Gasteiger partial charge in [0, 0.05) is 67.2 Å². The van der Waals surface area contributed by atoms with Crippen LogP contribution in [0.15, 0.2) is 24.3 Å². The molecule has 2 radical (unpaired) electrons. The van der Waals surface area contributed by atoms with Gasteiger partial charge in [-0.2, -0.15) is 4.79 Å². The van der Waals surface area contributed by atoms with Gasteiger partial charge in [0.15, 0.2) is 6.10 Å². The summed E-state index contributed by atoms with van der Waals surface area (Å²) >= 11 is 0. The van der Waals surface area contributed by atoms with Gasteiger partial charge in [-0.3, -0.25) is 4.84 Å². The molecular weight excluding hydrogens is 536 g/mol. The van der Waals surface area contributed by atoms with E-state index < -0.39 is 39.3 Å². The third-order valence-electron chi connectivity index (χ3n) is 8.95. The molecule has 0 bridgehead atoms. The summed E-state index contributed by atoms with van der Waals surface area (Å²) in [7, 11) is 0. The summed E-state index contributed by atoms with van der Waals surface area (Å²) in [6.45, 7) is 22.6. The van der Waals surface area contributed by atoms with Gasteiger partial charge in [0.25, 0.3) is 0 Å². The zero-order chi connectivity index (χ0) is 32.1. The highest BCUT2D eigenvalue weighted by atomic mass is 16.7. The summed E-state index contributed by atoms with van der Waals surface area (Å²) in [6, 6.07) is 7.62. The molecular formula is C32H51N4O6+. The highest BCUT2D eigenvalue weighted by Crippen LogP contribution is 2.40. The second kappa shape index (κ2) is 11.2. The number of nitrogens with zero attached hydrogens (tertiary/aromatic N) is 3. The maximum atomic E-state index is 12.9. The van der Waals surface area contributed by atoms with E-state index in [4.69, 9.17) is 9.57 Å². The monoisotopic (exact) mass is 587 g/mol. The van der Waals surface area contributed by atoms with Crippen molar-refractivity contribution >= 4 is 12.2 Å². The first kappa shape index (κ1) is 34.0. The van der Waals surface area contributed by atoms with Crippen molar-refractivity contribution in [1.82, 2.24) is 15.4 Å². The van der Waals surface area contributed by atoms with Gasteiger partial charge in [-0.05, 0) is 74.8 Å². The van der Waals surface area contributed by atoms with Gasteiger partial charge >= 0.3 is 12.2 Å². The molecule has 42 heavy (non-hydrogen) atoms. The molecule has 2 fully saturated rings. The van der Waals surface area contributed by atoms with E-state index in [0.717, 1.165) is 21.3 Å². The Kier molecular flexibility index (Phi) is 9.08. The fourth-order valence-electron chi connectivity index (χ4n) is 6.84. The van der Waals surface area contributed by atoms with Crippen LogP contribution in [-0.4, -0.2) is 61.4 Å². The number of benzene rings is 1. The number of rotatable bonds is 7. The molecule has 0 aliphatic carbocycles. The highest BCUT2D eigenvalue weighted by molar-refractivity contribution is 5.69. The lowest BCUT2D eigenvalue weighted by molar-refractivity contribution is -0.848. The van der Waals surface area contributed by atoms with E-state index in [0.29, 0.717) is 25.7 Å². The van der Waals surface area contributed by atoms with Crippen molar-refractivity contribution in [3.05, 3.63) is 35.4 Å². The SMILES string of the molecule is CC(C)(NC(=O)OC1CC(C)(C)N([O])C(C)(C)C1)c1ccc(C(C)(C)[N+](=C=O)OC2CC(C)(C)N([O])C(C)(C)C2)cc1. The van der Waals surface area contributed by atoms with Crippen LogP contribution >= 0.6 is 0 Å². The second-order valence-corrected chi connectivity index (χ2v) is 15.7. The Bertz CT molecular complexity index is 1160. The van der Waals surface area contributed by atoms with E-state index in [1.807, 2.05) is 113 Å². The van der Waals surface area contributed by atoms with Crippen molar-refractivity contribution in [3.8, 4) is 0 Å². The van der Waals surface area contributed by atoms with Gasteiger partial charge in [-0.25, -0.2) is 4.79 Å². The summed E-state index contributed by atoms with van der Waals surface area (Å²) in [5.41, 5.74) is -2.47. The highest BCUT2D eigenvalue weighted by Gasteiger charge is 2.51. The fraction of sp³-hybridized carbons (Fsp3) is 0.750. The maximum Gasteiger partial charge on any atom is 0.478 e. The quantitative estimate of drug-likeness (QED) is 0.184. The van der Waals surface area contributed by atoms with E-state index >= 15 is 0 Å². The average Bonchev–Trinajstić information content (AvgIpc) is 2.83. The first-order valence-electron chi connectivity index (χ1n) is 14.8. The van der Waals surface area contributed by atoms with Gasteiger partial charge in [0.05, 0.1) is 10.3 Å². The van der Waals surface area contributed by atoms with Gasteiger partial charge < -0.3 is 10.1 Å². The molecule has 1 N–H and O–H groups in total. The third-order valence-corrected chi connectivity index (χ3v) is 8.95. The molecule has 1 aromatic carbocycles. The lowest BCUT2D eigenvalue weighted by Crippen LogP contribution is -2.60. The number of nitrogens with one attached hydrogen (secondary N) is 1. The van der Waals surface area contributed by atoms with Crippen LogP contribution in [0.1, 0.15) is 120 Å². The van der Waals surface area contributed by atoms with Crippen molar-refractivity contribution in [2.75, 3.05) is 0 Å². The van der Waals surface area contributed by atoms with Crippen molar-refractivity contribution in [3.63, 3.8) is 0 Å². The Morgan fingerprint density at radius 1 is 0.786 bits per heavy atom. The standard InChI is InChI=1S/C32H50N4O6/c1-27(2)17-24(18-28(3,4)35(27)39)41-26(38)33-31(9,10)22-13-15-23(16-14-22)32(11,12)34(21-37)42-25-19-29(5,6)36(40)30(7,8)20-25/h13-16,24-25H,17-20H2,1-12H3/p+1. The van der Waals surface area contributed by atoms with Gasteiger partial charge in [-0.1, -0.05) is 24.3 Å². The predicted molar refractivity (Wildman–Crippen MR) is 157 cm³/mol. The molecule has 0 unspecified atom stereocenters. The number of piperidine rings is 2. The van der Waals surface area contributed by atoms with E-state index in [2.05, 4.69) is 5.32 Å². The maximum absolute atomic E-state index is 12.9. The number of isocyanates is 1. The van der Waals surface area contributed by atoms with Crippen molar-refractivity contribution in [1.29, 1.82) is 0 Å². The average molecular weight is 588 g/mol. The van der Waals surface area contributed by atoms with Gasteiger partial charge in [0.1, 0.15) is 6.10 Å². The number of amides is 1. The third kappa shape index (κ3) is 7.00. The van der Waals surface area contributed by atoms with Crippen LogP contribution in [0, 0.1) is 0 Å². The summed E-state index contributed by atoms with van der Waals surface area (Å²) in [6.07, 6.45) is 2.58. The first-order valence-corrected chi connectivity index (χ1v) is 14.8. The molecule has 1 amide bonds. The number of hydroxylamine groups is 5. The molecule has 2 aliphatic rings. The van der Waals surface area contributed by atoms with Crippen LogP contribution in [0.25, 0.3) is 0 Å². The minimum Gasteiger partial charge on any atom is -0.446 e. The Labute approximate surface area is 251 Å². The lowest BCUT2D eigenvalue weighted by atomic mass is 9.80. The molecule has 0 spiro atoms. The van der Waals surface area contributed by atoms with Crippen molar-refractivity contribution < 1.29 is 34.3 Å². The van der Waals surface area contributed by atoms with Crippen LogP contribution in [0.5, 0.6) is 0 Å². The molecule has 2 saturated heterocycles. The number of carbonyl (C=O) groups is 1. The predicted octanol–water partition coefficient (Wildman–Crippen LogP) is 5.90. The van der Waals surface area contributed by atoms with E-state index in [1.165, 1.54) is 4.74 Å². The largest absolute Gasteiger partial charge is 0.478 e. The Morgan fingerprint density at radius 3 is 1.57 bits per heavy atom.